The second-order valence-corrected chi connectivity index (χ2v) is 9.12. The van der Waals surface area contributed by atoms with Gasteiger partial charge in [-0.15, -0.1) is 0 Å². The van der Waals surface area contributed by atoms with Gasteiger partial charge in [-0.05, 0) is 81.7 Å². The Morgan fingerprint density at radius 3 is 2.14 bits per heavy atom. The number of carbonyl (C=O) groups is 1. The quantitative estimate of drug-likeness (QED) is 0.718. The van der Waals surface area contributed by atoms with E-state index in [1.54, 1.807) is 13.8 Å². The van der Waals surface area contributed by atoms with E-state index in [1.807, 2.05) is 13.8 Å². The van der Waals surface area contributed by atoms with Crippen LogP contribution in [0.15, 0.2) is 48.2 Å². The van der Waals surface area contributed by atoms with E-state index < -0.39 is 11.2 Å². The van der Waals surface area contributed by atoms with Crippen molar-refractivity contribution in [3.8, 4) is 11.1 Å². The molecule has 0 bridgehead atoms. The molecule has 0 radical (unpaired) electrons. The van der Waals surface area contributed by atoms with Gasteiger partial charge < -0.3 is 9.84 Å². The standard InChI is InChI=1S/C25H28O3/c1-15-6-8-16(9-7-15)18-12-13-19(17-10-11-17)20(14-18)21-22(26)24(2,3)28-25(4,5)23(21)27/h6-9,12-14,17,26H,10-11H2,1-5H3. The minimum Gasteiger partial charge on any atom is -0.508 e. The molecule has 0 aromatic heterocycles. The number of aliphatic hydroxyl groups is 1. The molecule has 0 atom stereocenters. The van der Waals surface area contributed by atoms with E-state index in [0.717, 1.165) is 35.1 Å². The maximum absolute atomic E-state index is 13.3. The van der Waals surface area contributed by atoms with Crippen molar-refractivity contribution in [2.45, 2.75) is 64.6 Å². The molecular formula is C25H28O3. The Bertz CT molecular complexity index is 973. The van der Waals surface area contributed by atoms with Gasteiger partial charge in [-0.1, -0.05) is 42.0 Å². The molecule has 2 aromatic rings. The summed E-state index contributed by atoms with van der Waals surface area (Å²) in [7, 11) is 0. The minimum atomic E-state index is -0.980. The van der Waals surface area contributed by atoms with Crippen molar-refractivity contribution in [1.82, 2.24) is 0 Å². The Morgan fingerprint density at radius 2 is 1.54 bits per heavy atom. The zero-order valence-electron chi connectivity index (χ0n) is 17.3. The van der Waals surface area contributed by atoms with Crippen LogP contribution >= 0.6 is 0 Å². The third kappa shape index (κ3) is 3.18. The number of rotatable bonds is 3. The third-order valence-corrected chi connectivity index (χ3v) is 5.82. The predicted molar refractivity (Wildman–Crippen MR) is 112 cm³/mol. The highest BCUT2D eigenvalue weighted by Gasteiger charge is 2.47. The zero-order valence-corrected chi connectivity index (χ0v) is 17.3. The van der Waals surface area contributed by atoms with E-state index >= 15 is 0 Å². The summed E-state index contributed by atoms with van der Waals surface area (Å²) in [5.41, 5.74) is 3.90. The number of aryl methyl sites for hydroxylation is 1. The van der Waals surface area contributed by atoms with Crippen LogP contribution in [0.25, 0.3) is 16.7 Å². The average Bonchev–Trinajstić information content (AvgIpc) is 3.45. The number of carbonyl (C=O) groups excluding carboxylic acids is 1. The number of hydrogen-bond acceptors (Lipinski definition) is 3. The molecule has 1 N–H and O–H groups in total. The van der Waals surface area contributed by atoms with Crippen LogP contribution in [-0.2, 0) is 9.53 Å². The lowest BCUT2D eigenvalue weighted by Gasteiger charge is -2.40. The van der Waals surface area contributed by atoms with Gasteiger partial charge in [0.2, 0.25) is 0 Å². The van der Waals surface area contributed by atoms with Gasteiger partial charge >= 0.3 is 0 Å². The number of ketones is 1. The smallest absolute Gasteiger partial charge is 0.198 e. The molecular weight excluding hydrogens is 348 g/mol. The summed E-state index contributed by atoms with van der Waals surface area (Å²) in [6, 6.07) is 14.7. The van der Waals surface area contributed by atoms with Crippen molar-refractivity contribution in [3.63, 3.8) is 0 Å². The molecule has 146 valence electrons. The van der Waals surface area contributed by atoms with E-state index in [4.69, 9.17) is 4.74 Å². The molecule has 0 spiro atoms. The SMILES string of the molecule is Cc1ccc(-c2ccc(C3CC3)c(C3=C(O)C(C)(C)OC(C)(C)C3=O)c2)cc1. The van der Waals surface area contributed by atoms with Crippen molar-refractivity contribution in [2.24, 2.45) is 0 Å². The van der Waals surface area contributed by atoms with Crippen LogP contribution in [0.1, 0.15) is 63.1 Å². The predicted octanol–water partition coefficient (Wildman–Crippen LogP) is 5.97. The van der Waals surface area contributed by atoms with Gasteiger partial charge in [0, 0.05) is 0 Å². The van der Waals surface area contributed by atoms with Crippen LogP contribution < -0.4 is 0 Å². The first-order valence-corrected chi connectivity index (χ1v) is 10.0. The Kier molecular flexibility index (Phi) is 4.27. The monoisotopic (exact) mass is 376 g/mol. The van der Waals surface area contributed by atoms with Crippen molar-refractivity contribution < 1.29 is 14.6 Å². The highest BCUT2D eigenvalue weighted by atomic mass is 16.5. The summed E-state index contributed by atoms with van der Waals surface area (Å²) in [6.45, 7) is 9.27. The van der Waals surface area contributed by atoms with Gasteiger partial charge in [-0.3, -0.25) is 4.79 Å². The molecule has 1 aliphatic heterocycles. The van der Waals surface area contributed by atoms with Gasteiger partial charge in [-0.2, -0.15) is 0 Å². The van der Waals surface area contributed by atoms with Crippen molar-refractivity contribution in [2.75, 3.05) is 0 Å². The maximum Gasteiger partial charge on any atom is 0.198 e. The summed E-state index contributed by atoms with van der Waals surface area (Å²) in [5.74, 6) is 0.330. The van der Waals surface area contributed by atoms with Gasteiger partial charge in [0.25, 0.3) is 0 Å². The fourth-order valence-electron chi connectivity index (χ4n) is 4.14. The molecule has 3 heteroatoms. The van der Waals surface area contributed by atoms with Crippen LogP contribution in [0.2, 0.25) is 0 Å². The van der Waals surface area contributed by atoms with Gasteiger partial charge in [0.15, 0.2) is 5.78 Å². The van der Waals surface area contributed by atoms with Crippen LogP contribution in [0, 0.1) is 6.92 Å². The number of ether oxygens (including phenoxy) is 1. The molecule has 4 rings (SSSR count). The number of benzene rings is 2. The van der Waals surface area contributed by atoms with Crippen LogP contribution in [-0.4, -0.2) is 22.1 Å². The highest BCUT2D eigenvalue weighted by molar-refractivity contribution is 6.26. The maximum atomic E-state index is 13.3. The number of aliphatic hydroxyl groups excluding tert-OH is 1. The molecule has 2 aliphatic rings. The van der Waals surface area contributed by atoms with Crippen molar-refractivity contribution in [3.05, 3.63) is 64.9 Å². The fourth-order valence-corrected chi connectivity index (χ4v) is 4.14. The molecule has 3 nitrogen and oxygen atoms in total. The molecule has 1 aliphatic carbocycles. The summed E-state index contributed by atoms with van der Waals surface area (Å²) >= 11 is 0. The van der Waals surface area contributed by atoms with E-state index in [9.17, 15) is 9.90 Å². The molecule has 28 heavy (non-hydrogen) atoms. The molecule has 0 saturated heterocycles. The molecule has 1 fully saturated rings. The summed E-state index contributed by atoms with van der Waals surface area (Å²) in [6.07, 6.45) is 2.25. The Hall–Kier alpha value is -2.39. The van der Waals surface area contributed by atoms with E-state index in [-0.39, 0.29) is 11.5 Å². The van der Waals surface area contributed by atoms with Crippen molar-refractivity contribution >= 4 is 11.4 Å². The molecule has 1 saturated carbocycles. The zero-order chi connectivity index (χ0) is 20.3. The van der Waals surface area contributed by atoms with Crippen LogP contribution in [0.5, 0.6) is 0 Å². The first kappa shape index (κ1) is 18.9. The third-order valence-electron chi connectivity index (χ3n) is 5.82. The topological polar surface area (TPSA) is 46.5 Å². The van der Waals surface area contributed by atoms with E-state index in [0.29, 0.717) is 11.5 Å². The van der Waals surface area contributed by atoms with E-state index in [2.05, 4.69) is 49.4 Å². The fraction of sp³-hybridized carbons (Fsp3) is 0.400. The van der Waals surface area contributed by atoms with Crippen LogP contribution in [0.4, 0.5) is 0 Å². The summed E-state index contributed by atoms with van der Waals surface area (Å²) in [5, 5.41) is 11.0. The normalized spacial score (nSPS) is 21.1. The van der Waals surface area contributed by atoms with Gasteiger partial charge in [0.1, 0.15) is 17.0 Å². The Balaban J connectivity index is 1.93. The van der Waals surface area contributed by atoms with Crippen LogP contribution in [0.3, 0.4) is 0 Å². The molecule has 1 heterocycles. The largest absolute Gasteiger partial charge is 0.508 e. The van der Waals surface area contributed by atoms with Crippen molar-refractivity contribution in [1.29, 1.82) is 0 Å². The second kappa shape index (κ2) is 6.31. The molecule has 2 aromatic carbocycles. The highest BCUT2D eigenvalue weighted by Crippen LogP contribution is 2.47. The minimum absolute atomic E-state index is 0.0276. The summed E-state index contributed by atoms with van der Waals surface area (Å²) < 4.78 is 5.92. The first-order valence-electron chi connectivity index (χ1n) is 10.0. The Morgan fingerprint density at radius 1 is 0.929 bits per heavy atom. The number of Topliss-reactive ketones (excluding diaryl/α,β-unsaturated/α-hetero) is 1. The lowest BCUT2D eigenvalue weighted by Crippen LogP contribution is -2.49. The van der Waals surface area contributed by atoms with Gasteiger partial charge in [0.05, 0.1) is 5.57 Å². The lowest BCUT2D eigenvalue weighted by atomic mass is 9.80. The first-order chi connectivity index (χ1) is 13.1. The molecule has 0 amide bonds. The van der Waals surface area contributed by atoms with Gasteiger partial charge in [-0.25, -0.2) is 0 Å². The second-order valence-electron chi connectivity index (χ2n) is 9.12. The number of hydrogen-bond donors (Lipinski definition) is 1. The summed E-state index contributed by atoms with van der Waals surface area (Å²) in [4.78, 5) is 13.3. The lowest BCUT2D eigenvalue weighted by molar-refractivity contribution is -0.158. The van der Waals surface area contributed by atoms with E-state index in [1.165, 1.54) is 5.56 Å². The molecule has 0 unspecified atom stereocenters. The Labute approximate surface area is 167 Å². The average molecular weight is 376 g/mol.